The second kappa shape index (κ2) is 6.11. The summed E-state index contributed by atoms with van der Waals surface area (Å²) in [6.07, 6.45) is 0. The van der Waals surface area contributed by atoms with Gasteiger partial charge in [-0.05, 0) is 29.5 Å². The van der Waals surface area contributed by atoms with Crippen molar-refractivity contribution in [2.24, 2.45) is 5.92 Å². The number of rotatable bonds is 5. The van der Waals surface area contributed by atoms with Crippen molar-refractivity contribution in [3.63, 3.8) is 0 Å². The zero-order valence-corrected chi connectivity index (χ0v) is 12.1. The maximum atomic E-state index is 5.85. The lowest BCUT2D eigenvalue weighted by atomic mass is 10.2. The molecule has 2 aromatic rings. The average molecular weight is 280 g/mol. The molecule has 0 atom stereocenters. The van der Waals surface area contributed by atoms with Gasteiger partial charge < -0.3 is 10.5 Å². The van der Waals surface area contributed by atoms with Crippen LogP contribution in [0.4, 0.5) is 5.69 Å². The van der Waals surface area contributed by atoms with Crippen LogP contribution in [0.2, 0.25) is 0 Å². The Morgan fingerprint density at radius 3 is 2.89 bits per heavy atom. The number of hydrogen-bond donors (Lipinski definition) is 1. The van der Waals surface area contributed by atoms with E-state index in [1.165, 1.54) is 4.21 Å². The SMILES string of the molecule is CC(C)COc1nc(Sc2cccs2)ccc1N. The molecule has 0 spiro atoms. The molecule has 5 heteroatoms. The summed E-state index contributed by atoms with van der Waals surface area (Å²) in [6.45, 7) is 4.82. The molecule has 96 valence electrons. The number of nitrogens with zero attached hydrogens (tertiary/aromatic N) is 1. The van der Waals surface area contributed by atoms with Crippen molar-refractivity contribution in [2.45, 2.75) is 23.1 Å². The maximum absolute atomic E-state index is 5.85. The number of nitrogens with two attached hydrogens (primary N) is 1. The first-order valence-electron chi connectivity index (χ1n) is 5.76. The van der Waals surface area contributed by atoms with Gasteiger partial charge in [-0.1, -0.05) is 31.7 Å². The molecule has 0 unspecified atom stereocenters. The maximum Gasteiger partial charge on any atom is 0.238 e. The molecule has 2 aromatic heterocycles. The summed E-state index contributed by atoms with van der Waals surface area (Å²) < 4.78 is 6.82. The minimum absolute atomic E-state index is 0.458. The summed E-state index contributed by atoms with van der Waals surface area (Å²) in [5, 5.41) is 2.96. The van der Waals surface area contributed by atoms with E-state index in [1.807, 2.05) is 18.2 Å². The lowest BCUT2D eigenvalue weighted by Crippen LogP contribution is -2.07. The minimum Gasteiger partial charge on any atom is -0.476 e. The predicted molar refractivity (Wildman–Crippen MR) is 77.4 cm³/mol. The van der Waals surface area contributed by atoms with Crippen molar-refractivity contribution in [2.75, 3.05) is 12.3 Å². The molecule has 0 aromatic carbocycles. The largest absolute Gasteiger partial charge is 0.476 e. The lowest BCUT2D eigenvalue weighted by Gasteiger charge is -2.10. The zero-order valence-electron chi connectivity index (χ0n) is 10.4. The molecule has 0 radical (unpaired) electrons. The molecule has 0 fully saturated rings. The van der Waals surface area contributed by atoms with Gasteiger partial charge in [-0.15, -0.1) is 11.3 Å². The van der Waals surface area contributed by atoms with Crippen LogP contribution < -0.4 is 10.5 Å². The average Bonchev–Trinajstić information content (AvgIpc) is 2.82. The highest BCUT2D eigenvalue weighted by atomic mass is 32.2. The summed E-state index contributed by atoms with van der Waals surface area (Å²) in [4.78, 5) is 4.44. The van der Waals surface area contributed by atoms with Gasteiger partial charge >= 0.3 is 0 Å². The Bertz CT molecular complexity index is 498. The molecule has 0 bridgehead atoms. The van der Waals surface area contributed by atoms with E-state index in [9.17, 15) is 0 Å². The Morgan fingerprint density at radius 2 is 2.22 bits per heavy atom. The van der Waals surface area contributed by atoms with Crippen LogP contribution in [-0.4, -0.2) is 11.6 Å². The quantitative estimate of drug-likeness (QED) is 0.902. The molecule has 3 nitrogen and oxygen atoms in total. The van der Waals surface area contributed by atoms with Crippen molar-refractivity contribution in [3.05, 3.63) is 29.6 Å². The molecular weight excluding hydrogens is 264 g/mol. The first-order chi connectivity index (χ1) is 8.65. The van der Waals surface area contributed by atoms with Gasteiger partial charge in [-0.3, -0.25) is 0 Å². The van der Waals surface area contributed by atoms with E-state index in [4.69, 9.17) is 10.5 Å². The fourth-order valence-electron chi connectivity index (χ4n) is 1.28. The van der Waals surface area contributed by atoms with E-state index in [0.717, 1.165) is 5.03 Å². The molecular formula is C13H16N2OS2. The van der Waals surface area contributed by atoms with Crippen LogP contribution in [0.25, 0.3) is 0 Å². The molecule has 0 aliphatic carbocycles. The van der Waals surface area contributed by atoms with Gasteiger partial charge in [0, 0.05) is 0 Å². The van der Waals surface area contributed by atoms with E-state index < -0.39 is 0 Å². The number of pyridine rings is 1. The third-order valence-corrected chi connectivity index (χ3v) is 4.09. The molecule has 0 saturated heterocycles. The number of hydrogen-bond acceptors (Lipinski definition) is 5. The van der Waals surface area contributed by atoms with Gasteiger partial charge in [0.15, 0.2) is 0 Å². The minimum atomic E-state index is 0.458. The van der Waals surface area contributed by atoms with Crippen molar-refractivity contribution in [1.29, 1.82) is 0 Å². The monoisotopic (exact) mass is 280 g/mol. The summed E-state index contributed by atoms with van der Waals surface area (Å²) in [6, 6.07) is 7.86. The van der Waals surface area contributed by atoms with Crippen LogP contribution in [0, 0.1) is 5.92 Å². The smallest absolute Gasteiger partial charge is 0.238 e. The van der Waals surface area contributed by atoms with Crippen LogP contribution in [0.5, 0.6) is 5.88 Å². The number of ether oxygens (including phenoxy) is 1. The molecule has 2 heterocycles. The summed E-state index contributed by atoms with van der Waals surface area (Å²) in [7, 11) is 0. The first-order valence-corrected chi connectivity index (χ1v) is 7.45. The van der Waals surface area contributed by atoms with Crippen LogP contribution in [-0.2, 0) is 0 Å². The van der Waals surface area contributed by atoms with Gasteiger partial charge in [-0.2, -0.15) is 0 Å². The highest BCUT2D eigenvalue weighted by Gasteiger charge is 2.07. The van der Waals surface area contributed by atoms with Gasteiger partial charge in [0.2, 0.25) is 5.88 Å². The van der Waals surface area contributed by atoms with Gasteiger partial charge in [-0.25, -0.2) is 4.98 Å². The lowest BCUT2D eigenvalue weighted by molar-refractivity contribution is 0.261. The molecule has 0 amide bonds. The molecule has 18 heavy (non-hydrogen) atoms. The Balaban J connectivity index is 2.10. The van der Waals surface area contributed by atoms with Crippen LogP contribution in [0.1, 0.15) is 13.8 Å². The number of anilines is 1. The Kier molecular flexibility index (Phi) is 4.49. The fourth-order valence-corrected chi connectivity index (χ4v) is 2.96. The molecule has 2 N–H and O–H groups in total. The third kappa shape index (κ3) is 3.65. The number of thiophene rings is 1. The van der Waals surface area contributed by atoms with Crippen LogP contribution in [0.15, 0.2) is 38.9 Å². The standard InChI is InChI=1S/C13H16N2OS2/c1-9(2)8-16-13-10(14)5-6-11(15-13)18-12-4-3-7-17-12/h3-7,9H,8,14H2,1-2H3. The highest BCUT2D eigenvalue weighted by Crippen LogP contribution is 2.32. The molecule has 2 rings (SSSR count). The van der Waals surface area contributed by atoms with Crippen molar-refractivity contribution >= 4 is 28.8 Å². The second-order valence-electron chi connectivity index (χ2n) is 4.28. The van der Waals surface area contributed by atoms with Gasteiger partial charge in [0.25, 0.3) is 0 Å². The Morgan fingerprint density at radius 1 is 1.39 bits per heavy atom. The van der Waals surface area contributed by atoms with E-state index >= 15 is 0 Å². The van der Waals surface area contributed by atoms with Crippen molar-refractivity contribution in [1.82, 2.24) is 4.98 Å². The summed E-state index contributed by atoms with van der Waals surface area (Å²) in [5.74, 6) is 0.991. The van der Waals surface area contributed by atoms with Crippen LogP contribution >= 0.6 is 23.1 Å². The van der Waals surface area contributed by atoms with E-state index in [0.29, 0.717) is 24.1 Å². The molecule has 0 aliphatic rings. The van der Waals surface area contributed by atoms with Crippen LogP contribution in [0.3, 0.4) is 0 Å². The van der Waals surface area contributed by atoms with Gasteiger partial charge in [0.05, 0.1) is 16.5 Å². The van der Waals surface area contributed by atoms with Crippen molar-refractivity contribution in [3.8, 4) is 5.88 Å². The summed E-state index contributed by atoms with van der Waals surface area (Å²) in [5.41, 5.74) is 6.44. The van der Waals surface area contributed by atoms with E-state index in [1.54, 1.807) is 23.1 Å². The Labute approximate surface area is 115 Å². The van der Waals surface area contributed by atoms with E-state index in [-0.39, 0.29) is 0 Å². The van der Waals surface area contributed by atoms with E-state index in [2.05, 4.69) is 30.3 Å². The zero-order chi connectivity index (χ0) is 13.0. The molecule has 0 aliphatic heterocycles. The van der Waals surface area contributed by atoms with Gasteiger partial charge in [0.1, 0.15) is 5.03 Å². The van der Waals surface area contributed by atoms with Crippen molar-refractivity contribution < 1.29 is 4.74 Å². The third-order valence-electron chi connectivity index (χ3n) is 2.12. The molecule has 0 saturated carbocycles. The number of nitrogen functional groups attached to an aromatic ring is 1. The first kappa shape index (κ1) is 13.2. The Hall–Kier alpha value is -1.20. The predicted octanol–water partition coefficient (Wildman–Crippen LogP) is 3.91. The highest BCUT2D eigenvalue weighted by molar-refractivity contribution is 8.01. The fraction of sp³-hybridized carbons (Fsp3) is 0.308. The normalized spacial score (nSPS) is 10.8. The number of aromatic nitrogens is 1. The second-order valence-corrected chi connectivity index (χ2v) is 6.55. The topological polar surface area (TPSA) is 48.1 Å². The summed E-state index contributed by atoms with van der Waals surface area (Å²) >= 11 is 3.32.